The molecule has 2 aromatic carbocycles. The van der Waals surface area contributed by atoms with Crippen molar-refractivity contribution in [3.8, 4) is 5.75 Å². The van der Waals surface area contributed by atoms with E-state index in [0.29, 0.717) is 0 Å². The third kappa shape index (κ3) is 2.46. The Morgan fingerprint density at radius 1 is 1.30 bits per heavy atom. The van der Waals surface area contributed by atoms with Crippen LogP contribution in [0.15, 0.2) is 34.8 Å². The summed E-state index contributed by atoms with van der Waals surface area (Å²) in [6, 6.07) is 9.84. The molecule has 0 aromatic heterocycles. The molecule has 104 valence electrons. The molecule has 0 radical (unpaired) electrons. The molecule has 0 bridgehead atoms. The Kier molecular flexibility index (Phi) is 3.76. The van der Waals surface area contributed by atoms with Crippen LogP contribution in [0.25, 0.3) is 0 Å². The highest BCUT2D eigenvalue weighted by molar-refractivity contribution is 9.10. The quantitative estimate of drug-likeness (QED) is 0.870. The third-order valence-electron chi connectivity index (χ3n) is 3.65. The lowest BCUT2D eigenvalue weighted by atomic mass is 9.95. The van der Waals surface area contributed by atoms with E-state index in [0.717, 1.165) is 45.0 Å². The van der Waals surface area contributed by atoms with Crippen LogP contribution in [0.2, 0.25) is 5.02 Å². The lowest BCUT2D eigenvalue weighted by Crippen LogP contribution is -2.13. The summed E-state index contributed by atoms with van der Waals surface area (Å²) < 4.78 is 6.79. The summed E-state index contributed by atoms with van der Waals surface area (Å²) >= 11 is 9.63. The third-order valence-corrected chi connectivity index (χ3v) is 4.54. The molecule has 2 aromatic rings. The van der Waals surface area contributed by atoms with Crippen molar-refractivity contribution in [2.75, 3.05) is 6.61 Å². The fraction of sp³-hybridized carbons (Fsp3) is 0.250. The maximum absolute atomic E-state index is 6.43. The molecule has 2 N–H and O–H groups in total. The summed E-state index contributed by atoms with van der Waals surface area (Å²) in [6.45, 7) is 2.71. The van der Waals surface area contributed by atoms with Gasteiger partial charge >= 0.3 is 0 Å². The fourth-order valence-electron chi connectivity index (χ4n) is 2.57. The monoisotopic (exact) mass is 351 g/mol. The maximum Gasteiger partial charge on any atom is 0.127 e. The summed E-state index contributed by atoms with van der Waals surface area (Å²) in [7, 11) is 0. The van der Waals surface area contributed by atoms with Crippen molar-refractivity contribution in [2.45, 2.75) is 19.4 Å². The van der Waals surface area contributed by atoms with Crippen LogP contribution in [-0.4, -0.2) is 6.61 Å². The van der Waals surface area contributed by atoms with Crippen LogP contribution in [0.3, 0.4) is 0 Å². The number of hydrogen-bond donors (Lipinski definition) is 1. The van der Waals surface area contributed by atoms with E-state index < -0.39 is 0 Å². The lowest BCUT2D eigenvalue weighted by Gasteiger charge is -2.17. The van der Waals surface area contributed by atoms with Crippen molar-refractivity contribution in [2.24, 2.45) is 5.73 Å². The summed E-state index contributed by atoms with van der Waals surface area (Å²) in [5.41, 5.74) is 10.8. The minimum Gasteiger partial charge on any atom is -0.493 e. The van der Waals surface area contributed by atoms with Gasteiger partial charge in [0.25, 0.3) is 0 Å². The summed E-state index contributed by atoms with van der Waals surface area (Å²) in [6.07, 6.45) is 0.939. The Labute approximate surface area is 132 Å². The summed E-state index contributed by atoms with van der Waals surface area (Å²) in [5, 5.41) is 0.761. The molecular weight excluding hydrogens is 338 g/mol. The number of nitrogens with two attached hydrogens (primary N) is 1. The zero-order valence-electron chi connectivity index (χ0n) is 11.1. The van der Waals surface area contributed by atoms with Crippen molar-refractivity contribution in [3.05, 3.63) is 62.1 Å². The van der Waals surface area contributed by atoms with Gasteiger partial charge in [-0.3, -0.25) is 0 Å². The molecule has 3 rings (SSSR count). The fourth-order valence-corrected chi connectivity index (χ4v) is 3.21. The van der Waals surface area contributed by atoms with Gasteiger partial charge in [-0.05, 0) is 41.8 Å². The Hall–Kier alpha value is -1.03. The molecule has 1 aliphatic rings. The van der Waals surface area contributed by atoms with Crippen molar-refractivity contribution in [1.82, 2.24) is 0 Å². The minimum absolute atomic E-state index is 0.213. The highest BCUT2D eigenvalue weighted by Gasteiger charge is 2.22. The molecule has 1 heterocycles. The highest BCUT2D eigenvalue weighted by Crippen LogP contribution is 2.38. The molecule has 20 heavy (non-hydrogen) atoms. The van der Waals surface area contributed by atoms with E-state index >= 15 is 0 Å². The van der Waals surface area contributed by atoms with Crippen molar-refractivity contribution >= 4 is 27.5 Å². The van der Waals surface area contributed by atoms with Gasteiger partial charge in [-0.2, -0.15) is 0 Å². The second-order valence-electron chi connectivity index (χ2n) is 5.07. The first-order valence-corrected chi connectivity index (χ1v) is 7.70. The summed E-state index contributed by atoms with van der Waals surface area (Å²) in [4.78, 5) is 0. The molecule has 0 saturated heterocycles. The average molecular weight is 353 g/mol. The van der Waals surface area contributed by atoms with Gasteiger partial charge < -0.3 is 10.5 Å². The topological polar surface area (TPSA) is 35.2 Å². The van der Waals surface area contributed by atoms with E-state index in [1.165, 1.54) is 5.56 Å². The van der Waals surface area contributed by atoms with Crippen LogP contribution in [0.1, 0.15) is 28.3 Å². The van der Waals surface area contributed by atoms with Crippen LogP contribution >= 0.6 is 27.5 Å². The first-order chi connectivity index (χ1) is 9.56. The lowest BCUT2D eigenvalue weighted by molar-refractivity contribution is 0.352. The average Bonchev–Trinajstić information content (AvgIpc) is 2.88. The van der Waals surface area contributed by atoms with Gasteiger partial charge in [-0.25, -0.2) is 0 Å². The van der Waals surface area contributed by atoms with E-state index in [-0.39, 0.29) is 6.04 Å². The Morgan fingerprint density at radius 2 is 2.10 bits per heavy atom. The second kappa shape index (κ2) is 5.40. The molecule has 1 aliphatic heterocycles. The number of halogens is 2. The van der Waals surface area contributed by atoms with E-state index in [2.05, 4.69) is 22.0 Å². The molecule has 1 atom stereocenters. The molecule has 0 spiro atoms. The van der Waals surface area contributed by atoms with Gasteiger partial charge in [-0.1, -0.05) is 39.7 Å². The van der Waals surface area contributed by atoms with Crippen molar-refractivity contribution in [3.63, 3.8) is 0 Å². The molecule has 4 heteroatoms. The minimum atomic E-state index is -0.213. The van der Waals surface area contributed by atoms with Crippen LogP contribution in [0.5, 0.6) is 5.75 Å². The van der Waals surface area contributed by atoms with Crippen molar-refractivity contribution < 1.29 is 4.74 Å². The summed E-state index contributed by atoms with van der Waals surface area (Å²) in [5.74, 6) is 0.938. The largest absolute Gasteiger partial charge is 0.493 e. The number of rotatable bonds is 2. The van der Waals surface area contributed by atoms with Crippen LogP contribution < -0.4 is 10.5 Å². The van der Waals surface area contributed by atoms with Gasteiger partial charge in [0, 0.05) is 21.5 Å². The molecule has 0 saturated carbocycles. The van der Waals surface area contributed by atoms with Gasteiger partial charge in [0.2, 0.25) is 0 Å². The number of ether oxygens (including phenoxy) is 1. The number of aryl methyl sites for hydroxylation is 1. The first kappa shape index (κ1) is 13.9. The van der Waals surface area contributed by atoms with E-state index in [1.807, 2.05) is 31.2 Å². The zero-order chi connectivity index (χ0) is 14.3. The van der Waals surface area contributed by atoms with Crippen molar-refractivity contribution in [1.29, 1.82) is 0 Å². The van der Waals surface area contributed by atoms with Gasteiger partial charge in [0.15, 0.2) is 0 Å². The second-order valence-corrected chi connectivity index (χ2v) is 6.39. The predicted octanol–water partition coefficient (Wildman–Crippen LogP) is 4.39. The van der Waals surface area contributed by atoms with Gasteiger partial charge in [0.05, 0.1) is 12.6 Å². The molecule has 1 unspecified atom stereocenters. The Morgan fingerprint density at radius 3 is 2.85 bits per heavy atom. The van der Waals surface area contributed by atoms with Gasteiger partial charge in [0.1, 0.15) is 5.75 Å². The van der Waals surface area contributed by atoms with Crippen LogP contribution in [0.4, 0.5) is 0 Å². The predicted molar refractivity (Wildman–Crippen MR) is 85.6 cm³/mol. The normalized spacial score (nSPS) is 14.8. The Bertz CT molecular complexity index is 672. The number of fused-ring (bicyclic) bond motifs is 1. The number of hydrogen-bond acceptors (Lipinski definition) is 2. The zero-order valence-corrected chi connectivity index (χ0v) is 13.5. The van der Waals surface area contributed by atoms with E-state index in [1.54, 1.807) is 0 Å². The molecule has 0 fully saturated rings. The smallest absolute Gasteiger partial charge is 0.127 e. The highest BCUT2D eigenvalue weighted by atomic mass is 79.9. The SMILES string of the molecule is Cc1cc(C(N)c2cc(Br)cc3c2OCC3)ccc1Cl. The van der Waals surface area contributed by atoms with Crippen LogP contribution in [0, 0.1) is 6.92 Å². The maximum atomic E-state index is 6.43. The number of benzene rings is 2. The van der Waals surface area contributed by atoms with Crippen LogP contribution in [-0.2, 0) is 6.42 Å². The van der Waals surface area contributed by atoms with E-state index in [4.69, 9.17) is 22.1 Å². The first-order valence-electron chi connectivity index (χ1n) is 6.53. The van der Waals surface area contributed by atoms with Gasteiger partial charge in [-0.15, -0.1) is 0 Å². The molecular formula is C16H15BrClNO. The molecule has 2 nitrogen and oxygen atoms in total. The Balaban J connectivity index is 2.06. The standard InChI is InChI=1S/C16H15BrClNO/c1-9-6-10(2-3-14(9)18)15(19)13-8-12(17)7-11-4-5-20-16(11)13/h2-3,6-8,15H,4-5,19H2,1H3. The van der Waals surface area contributed by atoms with E-state index in [9.17, 15) is 0 Å². The molecule has 0 amide bonds. The molecule has 0 aliphatic carbocycles.